The van der Waals surface area contributed by atoms with Gasteiger partial charge in [-0.25, -0.2) is 0 Å². The summed E-state index contributed by atoms with van der Waals surface area (Å²) in [5.41, 5.74) is 8.86. The number of nitrogens with zero attached hydrogens (tertiary/aromatic N) is 3. The summed E-state index contributed by atoms with van der Waals surface area (Å²) in [6.45, 7) is 2.18. The van der Waals surface area contributed by atoms with Crippen molar-refractivity contribution in [1.29, 1.82) is 0 Å². The van der Waals surface area contributed by atoms with Gasteiger partial charge in [-0.3, -0.25) is 4.68 Å². The van der Waals surface area contributed by atoms with Crippen LogP contribution in [-0.4, -0.2) is 28.9 Å². The number of aromatic nitrogens is 2. The largest absolute Gasteiger partial charge is 0.369 e. The summed E-state index contributed by atoms with van der Waals surface area (Å²) >= 11 is 0. The molecule has 0 unspecified atom stereocenters. The third kappa shape index (κ3) is 2.64. The van der Waals surface area contributed by atoms with E-state index in [1.165, 1.54) is 43.5 Å². The first-order valence-electron chi connectivity index (χ1n) is 7.78. The van der Waals surface area contributed by atoms with E-state index in [1.54, 1.807) is 0 Å². The number of hydrogen-bond acceptors (Lipinski definition) is 3. The Bertz CT molecular complexity index is 412. The normalized spacial score (nSPS) is 22.9. The van der Waals surface area contributed by atoms with Gasteiger partial charge in [-0.2, -0.15) is 5.10 Å². The topological polar surface area (TPSA) is 47.1 Å². The molecule has 2 fully saturated rings. The Morgan fingerprint density at radius 2 is 1.79 bits per heavy atom. The predicted molar refractivity (Wildman–Crippen MR) is 78.5 cm³/mol. The van der Waals surface area contributed by atoms with E-state index < -0.39 is 0 Å². The summed E-state index contributed by atoms with van der Waals surface area (Å²) in [5.74, 6) is 0.715. The summed E-state index contributed by atoms with van der Waals surface area (Å²) in [6.07, 6.45) is 11.1. The minimum absolute atomic E-state index is 0.394. The van der Waals surface area contributed by atoms with Crippen molar-refractivity contribution in [3.63, 3.8) is 0 Å². The Morgan fingerprint density at radius 3 is 2.47 bits per heavy atom. The Kier molecular flexibility index (Phi) is 3.78. The molecular formula is C15H26N4. The highest BCUT2D eigenvalue weighted by Gasteiger charge is 2.26. The molecule has 2 N–H and O–H groups in total. The van der Waals surface area contributed by atoms with Crippen LogP contribution in [0.5, 0.6) is 0 Å². The van der Waals surface area contributed by atoms with Crippen LogP contribution in [0.15, 0.2) is 6.20 Å². The van der Waals surface area contributed by atoms with Crippen LogP contribution in [0, 0.1) is 0 Å². The number of aryl methyl sites for hydroxylation is 1. The lowest BCUT2D eigenvalue weighted by atomic mass is 9.86. The van der Waals surface area contributed by atoms with Gasteiger partial charge < -0.3 is 10.6 Å². The molecule has 2 heterocycles. The van der Waals surface area contributed by atoms with Crippen LogP contribution in [0.4, 0.5) is 5.69 Å². The first-order chi connectivity index (χ1) is 9.25. The lowest BCUT2D eigenvalue weighted by molar-refractivity contribution is 0.422. The summed E-state index contributed by atoms with van der Waals surface area (Å²) in [7, 11) is 2.10. The van der Waals surface area contributed by atoms with Crippen molar-refractivity contribution in [3.8, 4) is 0 Å². The minimum atomic E-state index is 0.394. The molecule has 106 valence electrons. The van der Waals surface area contributed by atoms with Crippen molar-refractivity contribution in [2.24, 2.45) is 12.8 Å². The van der Waals surface area contributed by atoms with Crippen LogP contribution in [0.3, 0.4) is 0 Å². The molecule has 1 aromatic heterocycles. The molecule has 1 aliphatic heterocycles. The predicted octanol–water partition coefficient (Wildman–Crippen LogP) is 2.40. The van der Waals surface area contributed by atoms with Crippen molar-refractivity contribution in [2.45, 2.75) is 56.9 Å². The van der Waals surface area contributed by atoms with Gasteiger partial charge >= 0.3 is 0 Å². The van der Waals surface area contributed by atoms with Gasteiger partial charge in [0.1, 0.15) is 0 Å². The van der Waals surface area contributed by atoms with Crippen molar-refractivity contribution in [2.75, 3.05) is 18.0 Å². The fourth-order valence-electron chi connectivity index (χ4n) is 3.67. The molecule has 19 heavy (non-hydrogen) atoms. The summed E-state index contributed by atoms with van der Waals surface area (Å²) in [5, 5.41) is 4.53. The molecule has 4 heteroatoms. The van der Waals surface area contributed by atoms with Crippen LogP contribution in [-0.2, 0) is 7.05 Å². The molecule has 1 saturated heterocycles. The van der Waals surface area contributed by atoms with Crippen LogP contribution in [0.1, 0.15) is 56.6 Å². The maximum atomic E-state index is 6.01. The first kappa shape index (κ1) is 13.0. The van der Waals surface area contributed by atoms with Gasteiger partial charge in [0.05, 0.1) is 17.6 Å². The second kappa shape index (κ2) is 5.53. The number of hydrogen-bond donors (Lipinski definition) is 1. The van der Waals surface area contributed by atoms with Crippen molar-refractivity contribution in [3.05, 3.63) is 11.9 Å². The molecule has 2 aliphatic rings. The summed E-state index contributed by atoms with van der Waals surface area (Å²) in [6, 6.07) is 0.394. The summed E-state index contributed by atoms with van der Waals surface area (Å²) < 4.78 is 2.11. The fourth-order valence-corrected chi connectivity index (χ4v) is 3.67. The highest BCUT2D eigenvalue weighted by Crippen LogP contribution is 2.38. The number of anilines is 1. The third-order valence-corrected chi connectivity index (χ3v) is 4.84. The molecule has 0 amide bonds. The van der Waals surface area contributed by atoms with Gasteiger partial charge in [0.2, 0.25) is 0 Å². The first-order valence-corrected chi connectivity index (χ1v) is 7.78. The average Bonchev–Trinajstić information content (AvgIpc) is 2.82. The third-order valence-electron chi connectivity index (χ3n) is 4.84. The molecule has 0 aromatic carbocycles. The molecular weight excluding hydrogens is 236 g/mol. The zero-order valence-electron chi connectivity index (χ0n) is 12.0. The van der Waals surface area contributed by atoms with Gasteiger partial charge in [0.15, 0.2) is 0 Å². The van der Waals surface area contributed by atoms with E-state index in [0.717, 1.165) is 25.9 Å². The fraction of sp³-hybridized carbons (Fsp3) is 0.800. The minimum Gasteiger partial charge on any atom is -0.369 e. The van der Waals surface area contributed by atoms with E-state index in [9.17, 15) is 0 Å². The molecule has 1 saturated carbocycles. The quantitative estimate of drug-likeness (QED) is 0.890. The maximum absolute atomic E-state index is 6.01. The molecule has 3 rings (SSSR count). The van der Waals surface area contributed by atoms with Crippen LogP contribution in [0.25, 0.3) is 0 Å². The molecule has 0 bridgehead atoms. The van der Waals surface area contributed by atoms with Crippen molar-refractivity contribution < 1.29 is 0 Å². The lowest BCUT2D eigenvalue weighted by Crippen LogP contribution is -2.40. The van der Waals surface area contributed by atoms with Crippen LogP contribution >= 0.6 is 0 Å². The second-order valence-corrected chi connectivity index (χ2v) is 6.20. The van der Waals surface area contributed by atoms with E-state index in [2.05, 4.69) is 27.9 Å². The van der Waals surface area contributed by atoms with E-state index in [4.69, 9.17) is 5.73 Å². The highest BCUT2D eigenvalue weighted by atomic mass is 15.3. The zero-order valence-corrected chi connectivity index (χ0v) is 12.0. The number of nitrogens with two attached hydrogens (primary N) is 1. The average molecular weight is 262 g/mol. The number of rotatable bonds is 2. The SMILES string of the molecule is Cn1ncc(N2CCC(N)CC2)c1C1CCCCC1. The highest BCUT2D eigenvalue weighted by molar-refractivity contribution is 5.51. The second-order valence-electron chi connectivity index (χ2n) is 6.20. The Balaban J connectivity index is 1.81. The van der Waals surface area contributed by atoms with E-state index >= 15 is 0 Å². The van der Waals surface area contributed by atoms with Gasteiger partial charge in [0, 0.05) is 32.1 Å². The van der Waals surface area contributed by atoms with E-state index in [1.807, 2.05) is 0 Å². The van der Waals surface area contributed by atoms with Gasteiger partial charge in [-0.05, 0) is 25.7 Å². The van der Waals surface area contributed by atoms with Gasteiger partial charge in [-0.1, -0.05) is 19.3 Å². The Labute approximate surface area is 116 Å². The molecule has 0 spiro atoms. The van der Waals surface area contributed by atoms with Gasteiger partial charge in [0.25, 0.3) is 0 Å². The van der Waals surface area contributed by atoms with Gasteiger partial charge in [-0.15, -0.1) is 0 Å². The molecule has 1 aromatic rings. The molecule has 0 radical (unpaired) electrons. The molecule has 4 nitrogen and oxygen atoms in total. The standard InChI is InChI=1S/C15H26N4/c1-18-15(12-5-3-2-4-6-12)14(11-17-18)19-9-7-13(16)8-10-19/h11-13H,2-10,16H2,1H3. The number of piperidine rings is 1. The van der Waals surface area contributed by atoms with Crippen LogP contribution < -0.4 is 10.6 Å². The van der Waals surface area contributed by atoms with E-state index in [-0.39, 0.29) is 0 Å². The summed E-state index contributed by atoms with van der Waals surface area (Å²) in [4.78, 5) is 2.50. The molecule has 0 atom stereocenters. The zero-order chi connectivity index (χ0) is 13.2. The Morgan fingerprint density at radius 1 is 1.11 bits per heavy atom. The lowest BCUT2D eigenvalue weighted by Gasteiger charge is -2.33. The maximum Gasteiger partial charge on any atom is 0.0787 e. The monoisotopic (exact) mass is 262 g/mol. The Hall–Kier alpha value is -1.03. The smallest absolute Gasteiger partial charge is 0.0787 e. The van der Waals surface area contributed by atoms with E-state index in [0.29, 0.717) is 12.0 Å². The van der Waals surface area contributed by atoms with Crippen LogP contribution in [0.2, 0.25) is 0 Å². The van der Waals surface area contributed by atoms with Crippen molar-refractivity contribution >= 4 is 5.69 Å². The van der Waals surface area contributed by atoms with Crippen molar-refractivity contribution in [1.82, 2.24) is 9.78 Å². The molecule has 1 aliphatic carbocycles.